The second-order valence-corrected chi connectivity index (χ2v) is 8.60. The Morgan fingerprint density at radius 2 is 2.06 bits per heavy atom. The number of amides is 1. The maximum absolute atomic E-state index is 13.6. The maximum Gasteiger partial charge on any atom is 0.273 e. The summed E-state index contributed by atoms with van der Waals surface area (Å²) >= 11 is 0. The van der Waals surface area contributed by atoms with Crippen LogP contribution in [-0.2, 0) is 13.0 Å². The highest BCUT2D eigenvalue weighted by molar-refractivity contribution is 5.96. The van der Waals surface area contributed by atoms with Gasteiger partial charge < -0.3 is 21.1 Å². The van der Waals surface area contributed by atoms with Gasteiger partial charge in [-0.2, -0.15) is 4.98 Å². The first-order valence-corrected chi connectivity index (χ1v) is 11.3. The van der Waals surface area contributed by atoms with Crippen LogP contribution in [0, 0.1) is 5.82 Å². The number of carbonyl (C=O) groups excluding carboxylic acids is 1. The number of methoxy groups -OCH3 is 1. The van der Waals surface area contributed by atoms with E-state index in [1.165, 1.54) is 42.5 Å². The van der Waals surface area contributed by atoms with E-state index in [1.807, 2.05) is 0 Å². The number of primary amides is 1. The van der Waals surface area contributed by atoms with Gasteiger partial charge in [-0.05, 0) is 67.3 Å². The number of piperidine rings is 1. The van der Waals surface area contributed by atoms with Crippen LogP contribution in [0.3, 0.4) is 0 Å². The number of nitrogens with two attached hydrogens (primary N) is 1. The first-order valence-electron chi connectivity index (χ1n) is 11.3. The molecule has 0 spiro atoms. The lowest BCUT2D eigenvalue weighted by molar-refractivity contribution is 0.0995. The first-order chi connectivity index (χ1) is 16.5. The van der Waals surface area contributed by atoms with Crippen molar-refractivity contribution in [1.29, 1.82) is 0 Å². The van der Waals surface area contributed by atoms with E-state index in [9.17, 15) is 9.18 Å². The average Bonchev–Trinajstić information content (AvgIpc) is 2.82. The molecule has 5 rings (SSSR count). The number of nitrogens with zero attached hydrogens (tertiary/aromatic N) is 4. The van der Waals surface area contributed by atoms with Gasteiger partial charge in [0.1, 0.15) is 11.6 Å². The van der Waals surface area contributed by atoms with Gasteiger partial charge in [0, 0.05) is 18.3 Å². The Morgan fingerprint density at radius 3 is 2.85 bits per heavy atom. The second kappa shape index (κ2) is 9.22. The number of benzene rings is 2. The van der Waals surface area contributed by atoms with Gasteiger partial charge in [-0.15, -0.1) is 10.2 Å². The van der Waals surface area contributed by atoms with Gasteiger partial charge in [-0.3, -0.25) is 9.69 Å². The molecule has 1 atom stereocenters. The van der Waals surface area contributed by atoms with E-state index >= 15 is 0 Å². The standard InChI is InChI=1S/C24H26FN7O2/c1-34-20-11-14-9-18-7-2-3-8-32(18)13-15(14)10-19(20)28-24-29-23(21(22(26)33)30-31-24)27-17-6-4-5-16(25)12-17/h4-6,10-12,18H,2-3,7-9,13H2,1H3,(H2,26,33)(H2,27,28,29,31). The number of hydrogen-bond acceptors (Lipinski definition) is 8. The number of halogens is 1. The van der Waals surface area contributed by atoms with Crippen LogP contribution in [0.5, 0.6) is 5.75 Å². The molecule has 10 heteroatoms. The third-order valence-electron chi connectivity index (χ3n) is 6.35. The number of aromatic nitrogens is 3. The van der Waals surface area contributed by atoms with E-state index in [0.29, 0.717) is 23.2 Å². The summed E-state index contributed by atoms with van der Waals surface area (Å²) in [5, 5.41) is 14.0. The molecule has 1 unspecified atom stereocenters. The Balaban J connectivity index is 1.45. The van der Waals surface area contributed by atoms with E-state index in [2.05, 4.69) is 42.8 Å². The molecule has 3 aromatic rings. The predicted molar refractivity (Wildman–Crippen MR) is 126 cm³/mol. The summed E-state index contributed by atoms with van der Waals surface area (Å²) in [6.07, 6.45) is 4.76. The van der Waals surface area contributed by atoms with Gasteiger partial charge in [0.15, 0.2) is 11.5 Å². The SMILES string of the molecule is COc1cc2c(cc1Nc1nnc(C(N)=O)c(Nc3cccc(F)c3)n1)CN1CCCCC1C2. The highest BCUT2D eigenvalue weighted by Crippen LogP contribution is 2.36. The Labute approximate surface area is 196 Å². The van der Waals surface area contributed by atoms with Crippen molar-refractivity contribution in [3.05, 3.63) is 59.0 Å². The quantitative estimate of drug-likeness (QED) is 0.508. The molecule has 2 aliphatic rings. The maximum atomic E-state index is 13.6. The molecular formula is C24H26FN7O2. The molecule has 0 saturated carbocycles. The second-order valence-electron chi connectivity index (χ2n) is 8.60. The third-order valence-corrected chi connectivity index (χ3v) is 6.35. The molecule has 34 heavy (non-hydrogen) atoms. The lowest BCUT2D eigenvalue weighted by atomic mass is 9.88. The van der Waals surface area contributed by atoms with E-state index in [-0.39, 0.29) is 17.5 Å². The Morgan fingerprint density at radius 1 is 1.18 bits per heavy atom. The van der Waals surface area contributed by atoms with Gasteiger partial charge >= 0.3 is 0 Å². The molecule has 2 aromatic carbocycles. The molecule has 1 amide bonds. The molecule has 0 aliphatic carbocycles. The average molecular weight is 464 g/mol. The zero-order valence-electron chi connectivity index (χ0n) is 18.8. The summed E-state index contributed by atoms with van der Waals surface area (Å²) in [7, 11) is 1.62. The molecule has 3 heterocycles. The van der Waals surface area contributed by atoms with Crippen LogP contribution in [0.4, 0.5) is 27.5 Å². The van der Waals surface area contributed by atoms with Gasteiger partial charge in [-0.1, -0.05) is 12.5 Å². The Hall–Kier alpha value is -3.79. The third kappa shape index (κ3) is 4.49. The van der Waals surface area contributed by atoms with E-state index in [0.717, 1.165) is 19.5 Å². The summed E-state index contributed by atoms with van der Waals surface area (Å²) in [6, 6.07) is 10.5. The zero-order valence-corrected chi connectivity index (χ0v) is 18.8. The predicted octanol–water partition coefficient (Wildman–Crippen LogP) is 3.52. The van der Waals surface area contributed by atoms with Crippen molar-refractivity contribution < 1.29 is 13.9 Å². The number of carbonyl (C=O) groups is 1. The van der Waals surface area contributed by atoms with Crippen molar-refractivity contribution in [1.82, 2.24) is 20.1 Å². The van der Waals surface area contributed by atoms with Gasteiger partial charge in [0.05, 0.1) is 12.8 Å². The van der Waals surface area contributed by atoms with E-state index in [4.69, 9.17) is 10.5 Å². The summed E-state index contributed by atoms with van der Waals surface area (Å²) < 4.78 is 19.2. The fourth-order valence-electron chi connectivity index (χ4n) is 4.70. The highest BCUT2D eigenvalue weighted by Gasteiger charge is 2.29. The van der Waals surface area contributed by atoms with E-state index < -0.39 is 11.7 Å². The monoisotopic (exact) mass is 463 g/mol. The van der Waals surface area contributed by atoms with E-state index in [1.54, 1.807) is 19.2 Å². The normalized spacial score (nSPS) is 17.4. The fourth-order valence-corrected chi connectivity index (χ4v) is 4.70. The molecule has 0 radical (unpaired) electrons. The van der Waals surface area contributed by atoms with Crippen molar-refractivity contribution in [2.45, 2.75) is 38.3 Å². The number of anilines is 4. The Bertz CT molecular complexity index is 1240. The first kappa shape index (κ1) is 22.0. The van der Waals surface area contributed by atoms with Crippen LogP contribution >= 0.6 is 0 Å². The zero-order chi connectivity index (χ0) is 23.7. The van der Waals surface area contributed by atoms with Crippen LogP contribution < -0.4 is 21.1 Å². The Kier molecular flexibility index (Phi) is 5.97. The molecule has 4 N–H and O–H groups in total. The summed E-state index contributed by atoms with van der Waals surface area (Å²) in [5.74, 6) is -0.337. The molecule has 2 aliphatic heterocycles. The molecule has 1 fully saturated rings. The highest BCUT2D eigenvalue weighted by atomic mass is 19.1. The molecule has 1 aromatic heterocycles. The van der Waals surface area contributed by atoms with Gasteiger partial charge in [0.2, 0.25) is 5.95 Å². The van der Waals surface area contributed by atoms with Crippen LogP contribution in [0.1, 0.15) is 40.9 Å². The number of rotatable bonds is 6. The minimum absolute atomic E-state index is 0.0729. The minimum atomic E-state index is -0.798. The summed E-state index contributed by atoms with van der Waals surface area (Å²) in [5.41, 5.74) is 8.91. The van der Waals surface area contributed by atoms with Gasteiger partial charge in [0.25, 0.3) is 5.91 Å². The molecule has 9 nitrogen and oxygen atoms in total. The largest absolute Gasteiger partial charge is 0.495 e. The molecular weight excluding hydrogens is 437 g/mol. The summed E-state index contributed by atoms with van der Waals surface area (Å²) in [4.78, 5) is 18.8. The lowest BCUT2D eigenvalue weighted by Gasteiger charge is -2.40. The smallest absolute Gasteiger partial charge is 0.273 e. The number of fused-ring (bicyclic) bond motifs is 2. The molecule has 1 saturated heterocycles. The molecule has 176 valence electrons. The number of nitrogens with one attached hydrogen (secondary N) is 2. The van der Waals surface area contributed by atoms with Crippen LogP contribution in [0.2, 0.25) is 0 Å². The minimum Gasteiger partial charge on any atom is -0.495 e. The topological polar surface area (TPSA) is 118 Å². The van der Waals surface area contributed by atoms with Crippen molar-refractivity contribution in [2.24, 2.45) is 5.73 Å². The number of ether oxygens (including phenoxy) is 1. The van der Waals surface area contributed by atoms with Crippen molar-refractivity contribution in [3.63, 3.8) is 0 Å². The number of hydrogen-bond donors (Lipinski definition) is 3. The van der Waals surface area contributed by atoms with Gasteiger partial charge in [-0.25, -0.2) is 4.39 Å². The molecule has 0 bridgehead atoms. The van der Waals surface area contributed by atoms with Crippen LogP contribution in [0.15, 0.2) is 36.4 Å². The fraction of sp³-hybridized carbons (Fsp3) is 0.333. The van der Waals surface area contributed by atoms with Crippen molar-refractivity contribution in [2.75, 3.05) is 24.3 Å². The van der Waals surface area contributed by atoms with Crippen molar-refractivity contribution in [3.8, 4) is 5.75 Å². The van der Waals surface area contributed by atoms with Crippen LogP contribution in [0.25, 0.3) is 0 Å². The summed E-state index contributed by atoms with van der Waals surface area (Å²) in [6.45, 7) is 2.01. The lowest BCUT2D eigenvalue weighted by Crippen LogP contribution is -2.43. The van der Waals surface area contributed by atoms with Crippen LogP contribution in [-0.4, -0.2) is 45.7 Å². The van der Waals surface area contributed by atoms with Crippen molar-refractivity contribution >= 4 is 29.0 Å².